The third-order valence-electron chi connectivity index (χ3n) is 2.30. The largest absolute Gasteiger partial charge is 0.374 e. The van der Waals surface area contributed by atoms with E-state index in [0.29, 0.717) is 5.69 Å². The van der Waals surface area contributed by atoms with Crippen molar-refractivity contribution in [2.45, 2.75) is 19.4 Å². The molecule has 4 nitrogen and oxygen atoms in total. The summed E-state index contributed by atoms with van der Waals surface area (Å²) in [6.45, 7) is 4.11. The standard InChI is InChI=1S/C12H12N4S/c1-12(2,11-15-5-6-17-11)16-9-3-4-14-10(7-9)8-13/h3-7H,1-2H3,(H,14,16). The molecule has 0 amide bonds. The molecule has 0 radical (unpaired) electrons. The predicted molar refractivity (Wildman–Crippen MR) is 67.7 cm³/mol. The van der Waals surface area contributed by atoms with E-state index in [1.807, 2.05) is 17.5 Å². The molecule has 0 aliphatic rings. The Bertz CT molecular complexity index is 540. The van der Waals surface area contributed by atoms with E-state index < -0.39 is 0 Å². The molecule has 0 atom stereocenters. The second-order valence-electron chi connectivity index (χ2n) is 4.13. The Balaban J connectivity index is 2.23. The molecular weight excluding hydrogens is 232 g/mol. The number of aromatic nitrogens is 2. The van der Waals surface area contributed by atoms with Gasteiger partial charge in [-0.3, -0.25) is 0 Å². The number of thiazole rings is 1. The zero-order valence-electron chi connectivity index (χ0n) is 9.64. The fourth-order valence-corrected chi connectivity index (χ4v) is 2.23. The first kappa shape index (κ1) is 11.6. The number of hydrogen-bond acceptors (Lipinski definition) is 5. The van der Waals surface area contributed by atoms with Gasteiger partial charge in [-0.05, 0) is 26.0 Å². The highest BCUT2D eigenvalue weighted by molar-refractivity contribution is 7.09. The summed E-state index contributed by atoms with van der Waals surface area (Å²) in [5, 5.41) is 15.1. The fraction of sp³-hybridized carbons (Fsp3) is 0.250. The van der Waals surface area contributed by atoms with Crippen LogP contribution in [-0.2, 0) is 5.54 Å². The van der Waals surface area contributed by atoms with E-state index in [0.717, 1.165) is 10.7 Å². The summed E-state index contributed by atoms with van der Waals surface area (Å²) < 4.78 is 0. The molecule has 86 valence electrons. The van der Waals surface area contributed by atoms with Crippen molar-refractivity contribution in [3.63, 3.8) is 0 Å². The molecule has 5 heteroatoms. The van der Waals surface area contributed by atoms with Crippen molar-refractivity contribution in [3.05, 3.63) is 40.6 Å². The van der Waals surface area contributed by atoms with Crippen LogP contribution in [0.2, 0.25) is 0 Å². The normalized spacial score (nSPS) is 10.9. The number of rotatable bonds is 3. The van der Waals surface area contributed by atoms with Crippen LogP contribution in [0, 0.1) is 11.3 Å². The number of nitriles is 1. The molecule has 2 heterocycles. The van der Waals surface area contributed by atoms with Crippen molar-refractivity contribution in [1.29, 1.82) is 5.26 Å². The third kappa shape index (κ3) is 2.60. The highest BCUT2D eigenvalue weighted by Crippen LogP contribution is 2.26. The van der Waals surface area contributed by atoms with Gasteiger partial charge in [0.1, 0.15) is 16.8 Å². The van der Waals surface area contributed by atoms with E-state index in [-0.39, 0.29) is 5.54 Å². The number of nitrogens with zero attached hydrogens (tertiary/aromatic N) is 3. The average molecular weight is 244 g/mol. The maximum atomic E-state index is 8.79. The van der Waals surface area contributed by atoms with Crippen molar-refractivity contribution < 1.29 is 0 Å². The molecule has 0 saturated heterocycles. The van der Waals surface area contributed by atoms with E-state index in [2.05, 4.69) is 29.1 Å². The summed E-state index contributed by atoms with van der Waals surface area (Å²) in [6.07, 6.45) is 3.41. The van der Waals surface area contributed by atoms with Gasteiger partial charge in [0, 0.05) is 23.5 Å². The smallest absolute Gasteiger partial charge is 0.142 e. The van der Waals surface area contributed by atoms with Crippen molar-refractivity contribution in [1.82, 2.24) is 9.97 Å². The van der Waals surface area contributed by atoms with Gasteiger partial charge >= 0.3 is 0 Å². The van der Waals surface area contributed by atoms with E-state index in [1.54, 1.807) is 29.8 Å². The molecule has 0 bridgehead atoms. The van der Waals surface area contributed by atoms with Gasteiger partial charge in [0.15, 0.2) is 0 Å². The third-order valence-corrected chi connectivity index (χ3v) is 3.40. The zero-order valence-corrected chi connectivity index (χ0v) is 10.5. The summed E-state index contributed by atoms with van der Waals surface area (Å²) in [6, 6.07) is 5.60. The summed E-state index contributed by atoms with van der Waals surface area (Å²) in [5.41, 5.74) is 1.02. The minimum Gasteiger partial charge on any atom is -0.374 e. The van der Waals surface area contributed by atoms with Crippen LogP contribution in [0.4, 0.5) is 5.69 Å². The average Bonchev–Trinajstić information content (AvgIpc) is 2.83. The Hall–Kier alpha value is -1.93. The Kier molecular flexibility index (Phi) is 3.07. The molecule has 0 saturated carbocycles. The minimum atomic E-state index is -0.262. The van der Waals surface area contributed by atoms with Gasteiger partial charge in [0.2, 0.25) is 0 Å². The first-order valence-electron chi connectivity index (χ1n) is 5.16. The van der Waals surface area contributed by atoms with Crippen molar-refractivity contribution in [2.24, 2.45) is 0 Å². The second kappa shape index (κ2) is 4.52. The molecule has 0 aromatic carbocycles. The molecular formula is C12H12N4S. The molecule has 17 heavy (non-hydrogen) atoms. The van der Waals surface area contributed by atoms with Gasteiger partial charge in [-0.2, -0.15) is 5.26 Å². The van der Waals surface area contributed by atoms with Crippen LogP contribution < -0.4 is 5.32 Å². The van der Waals surface area contributed by atoms with Gasteiger partial charge in [-0.1, -0.05) is 0 Å². The van der Waals surface area contributed by atoms with Gasteiger partial charge in [-0.15, -0.1) is 11.3 Å². The van der Waals surface area contributed by atoms with Gasteiger partial charge in [0.05, 0.1) is 5.54 Å². The number of hydrogen-bond donors (Lipinski definition) is 1. The van der Waals surface area contributed by atoms with E-state index in [4.69, 9.17) is 5.26 Å². The molecule has 0 aliphatic heterocycles. The molecule has 0 unspecified atom stereocenters. The van der Waals surface area contributed by atoms with Crippen molar-refractivity contribution >= 4 is 17.0 Å². The Labute approximate surface area is 104 Å². The number of nitrogens with one attached hydrogen (secondary N) is 1. The lowest BCUT2D eigenvalue weighted by atomic mass is 10.1. The van der Waals surface area contributed by atoms with Crippen LogP contribution in [0.25, 0.3) is 0 Å². The maximum Gasteiger partial charge on any atom is 0.142 e. The summed E-state index contributed by atoms with van der Waals surface area (Å²) in [4.78, 5) is 8.24. The highest BCUT2D eigenvalue weighted by atomic mass is 32.1. The van der Waals surface area contributed by atoms with Gasteiger partial charge < -0.3 is 5.32 Å². The lowest BCUT2D eigenvalue weighted by molar-refractivity contribution is 0.604. The van der Waals surface area contributed by atoms with Gasteiger partial charge in [-0.25, -0.2) is 9.97 Å². The second-order valence-corrected chi connectivity index (χ2v) is 5.02. The SMILES string of the molecule is CC(C)(Nc1ccnc(C#N)c1)c1nccs1. The Morgan fingerprint density at radius 2 is 2.18 bits per heavy atom. The molecule has 1 N–H and O–H groups in total. The molecule has 2 rings (SSSR count). The zero-order chi connectivity index (χ0) is 12.3. The molecule has 0 aliphatic carbocycles. The molecule has 2 aromatic heterocycles. The van der Waals surface area contributed by atoms with Crippen LogP contribution >= 0.6 is 11.3 Å². The molecule has 2 aromatic rings. The quantitative estimate of drug-likeness (QED) is 0.901. The summed E-state index contributed by atoms with van der Waals surface area (Å²) in [7, 11) is 0. The van der Waals surface area contributed by atoms with Crippen LogP contribution in [0.1, 0.15) is 24.5 Å². The minimum absolute atomic E-state index is 0.262. The van der Waals surface area contributed by atoms with Crippen LogP contribution in [0.5, 0.6) is 0 Å². The fourth-order valence-electron chi connectivity index (χ4n) is 1.52. The first-order chi connectivity index (χ1) is 8.12. The van der Waals surface area contributed by atoms with E-state index >= 15 is 0 Å². The Morgan fingerprint density at radius 1 is 1.35 bits per heavy atom. The van der Waals surface area contributed by atoms with Crippen molar-refractivity contribution in [2.75, 3.05) is 5.32 Å². The summed E-state index contributed by atoms with van der Waals surface area (Å²) >= 11 is 1.60. The lowest BCUT2D eigenvalue weighted by Crippen LogP contribution is -2.27. The van der Waals surface area contributed by atoms with Crippen LogP contribution in [0.15, 0.2) is 29.9 Å². The van der Waals surface area contributed by atoms with Crippen LogP contribution in [-0.4, -0.2) is 9.97 Å². The monoisotopic (exact) mass is 244 g/mol. The van der Waals surface area contributed by atoms with Crippen LogP contribution in [0.3, 0.4) is 0 Å². The highest BCUT2D eigenvalue weighted by Gasteiger charge is 2.22. The van der Waals surface area contributed by atoms with E-state index in [9.17, 15) is 0 Å². The first-order valence-corrected chi connectivity index (χ1v) is 6.04. The number of pyridine rings is 1. The van der Waals surface area contributed by atoms with Gasteiger partial charge in [0.25, 0.3) is 0 Å². The lowest BCUT2D eigenvalue weighted by Gasteiger charge is -2.25. The predicted octanol–water partition coefficient (Wildman–Crippen LogP) is 2.76. The van der Waals surface area contributed by atoms with Crippen molar-refractivity contribution in [3.8, 4) is 6.07 Å². The molecule has 0 fully saturated rings. The summed E-state index contributed by atoms with van der Waals surface area (Å²) in [5.74, 6) is 0. The topological polar surface area (TPSA) is 61.6 Å². The Morgan fingerprint density at radius 3 is 2.82 bits per heavy atom. The molecule has 0 spiro atoms. The van der Waals surface area contributed by atoms with E-state index in [1.165, 1.54) is 0 Å². The maximum absolute atomic E-state index is 8.79. The number of anilines is 1.